The average Bonchev–Trinajstić information content (AvgIpc) is 2.37. The van der Waals surface area contributed by atoms with Gasteiger partial charge in [0.1, 0.15) is 5.75 Å². The van der Waals surface area contributed by atoms with Crippen molar-refractivity contribution in [1.29, 1.82) is 0 Å². The summed E-state index contributed by atoms with van der Waals surface area (Å²) < 4.78 is 5.29. The maximum atomic E-state index is 11.4. The quantitative estimate of drug-likeness (QED) is 0.775. The van der Waals surface area contributed by atoms with Gasteiger partial charge in [-0.1, -0.05) is 6.07 Å². The first kappa shape index (κ1) is 14.2. The molecule has 0 fully saturated rings. The molecule has 0 aliphatic carbocycles. The van der Waals surface area contributed by atoms with Gasteiger partial charge in [0.15, 0.2) is 6.61 Å². The Hall–Kier alpha value is -2.24. The van der Waals surface area contributed by atoms with Crippen molar-refractivity contribution in [2.24, 2.45) is 0 Å². The molecule has 3 amide bonds. The van der Waals surface area contributed by atoms with Gasteiger partial charge in [0.25, 0.3) is 5.91 Å². The van der Waals surface area contributed by atoms with Crippen LogP contribution < -0.4 is 20.7 Å². The molecule has 2 rings (SSSR count). The van der Waals surface area contributed by atoms with Crippen LogP contribution in [-0.2, 0) is 11.2 Å². The van der Waals surface area contributed by atoms with Crippen LogP contribution in [-0.4, -0.2) is 31.1 Å². The van der Waals surface area contributed by atoms with E-state index in [-0.39, 0.29) is 24.6 Å². The number of hydrogen-bond donors (Lipinski definition) is 3. The third-order valence-corrected chi connectivity index (χ3v) is 2.80. The van der Waals surface area contributed by atoms with Gasteiger partial charge in [0, 0.05) is 12.6 Å². The lowest BCUT2D eigenvalue weighted by molar-refractivity contribution is -0.118. The second-order valence-corrected chi connectivity index (χ2v) is 4.97. The normalized spacial score (nSPS) is 13.2. The Morgan fingerprint density at radius 3 is 3.00 bits per heavy atom. The zero-order chi connectivity index (χ0) is 14.5. The lowest BCUT2D eigenvalue weighted by atomic mass is 10.1. The Kier molecular flexibility index (Phi) is 4.45. The first-order valence-electron chi connectivity index (χ1n) is 6.64. The largest absolute Gasteiger partial charge is 0.482 e. The Morgan fingerprint density at radius 2 is 2.25 bits per heavy atom. The van der Waals surface area contributed by atoms with Crippen LogP contribution in [0.2, 0.25) is 0 Å². The Bertz CT molecular complexity index is 514. The highest BCUT2D eigenvalue weighted by atomic mass is 16.5. The second-order valence-electron chi connectivity index (χ2n) is 4.97. The summed E-state index contributed by atoms with van der Waals surface area (Å²) in [6, 6.07) is 5.58. The number of carbonyl (C=O) groups is 2. The van der Waals surface area contributed by atoms with E-state index in [1.54, 1.807) is 0 Å². The molecule has 1 aliphatic rings. The monoisotopic (exact) mass is 277 g/mol. The van der Waals surface area contributed by atoms with Crippen LogP contribution in [0.15, 0.2) is 18.2 Å². The minimum Gasteiger partial charge on any atom is -0.482 e. The average molecular weight is 277 g/mol. The van der Waals surface area contributed by atoms with E-state index < -0.39 is 0 Å². The summed E-state index contributed by atoms with van der Waals surface area (Å²) in [5.41, 5.74) is 1.71. The molecule has 108 valence electrons. The Balaban J connectivity index is 1.86. The van der Waals surface area contributed by atoms with E-state index in [0.717, 1.165) is 5.56 Å². The molecule has 6 heteroatoms. The molecule has 1 aromatic carbocycles. The van der Waals surface area contributed by atoms with Gasteiger partial charge in [0.2, 0.25) is 0 Å². The van der Waals surface area contributed by atoms with Gasteiger partial charge in [-0.3, -0.25) is 4.79 Å². The highest BCUT2D eigenvalue weighted by molar-refractivity contribution is 5.95. The molecule has 0 saturated carbocycles. The van der Waals surface area contributed by atoms with Crippen molar-refractivity contribution in [1.82, 2.24) is 10.6 Å². The number of nitrogens with one attached hydrogen (secondary N) is 3. The van der Waals surface area contributed by atoms with Gasteiger partial charge < -0.3 is 20.7 Å². The predicted octanol–water partition coefficient (Wildman–Crippen LogP) is 1.27. The third-order valence-electron chi connectivity index (χ3n) is 2.80. The van der Waals surface area contributed by atoms with E-state index in [1.807, 2.05) is 32.0 Å². The van der Waals surface area contributed by atoms with Crippen molar-refractivity contribution in [2.75, 3.05) is 18.5 Å². The molecule has 0 radical (unpaired) electrons. The first-order valence-corrected chi connectivity index (χ1v) is 6.64. The summed E-state index contributed by atoms with van der Waals surface area (Å²) in [5, 5.41) is 8.30. The third kappa shape index (κ3) is 3.88. The summed E-state index contributed by atoms with van der Waals surface area (Å²) in [5.74, 6) is 0.531. The molecule has 1 heterocycles. The maximum Gasteiger partial charge on any atom is 0.314 e. The zero-order valence-electron chi connectivity index (χ0n) is 11.7. The molecular weight excluding hydrogens is 258 g/mol. The predicted molar refractivity (Wildman–Crippen MR) is 75.9 cm³/mol. The molecule has 0 unspecified atom stereocenters. The van der Waals surface area contributed by atoms with Crippen LogP contribution in [0, 0.1) is 0 Å². The number of anilines is 1. The molecule has 0 saturated heterocycles. The SMILES string of the molecule is CC(C)NC(=O)NCCc1ccc2c(c1)NC(=O)CO2. The lowest BCUT2D eigenvalue weighted by Gasteiger charge is -2.18. The van der Waals surface area contributed by atoms with E-state index in [0.29, 0.717) is 24.4 Å². The number of rotatable bonds is 4. The summed E-state index contributed by atoms with van der Waals surface area (Å²) >= 11 is 0. The number of urea groups is 1. The Morgan fingerprint density at radius 1 is 1.45 bits per heavy atom. The van der Waals surface area contributed by atoms with E-state index in [2.05, 4.69) is 16.0 Å². The van der Waals surface area contributed by atoms with Crippen molar-refractivity contribution >= 4 is 17.6 Å². The fraction of sp³-hybridized carbons (Fsp3) is 0.429. The highest BCUT2D eigenvalue weighted by Crippen LogP contribution is 2.28. The molecule has 20 heavy (non-hydrogen) atoms. The van der Waals surface area contributed by atoms with Crippen LogP contribution in [0.5, 0.6) is 5.75 Å². The fourth-order valence-electron chi connectivity index (χ4n) is 1.92. The number of fused-ring (bicyclic) bond motifs is 1. The second kappa shape index (κ2) is 6.27. The van der Waals surface area contributed by atoms with Crippen molar-refractivity contribution in [3.63, 3.8) is 0 Å². The Labute approximate surface area is 117 Å². The molecule has 0 atom stereocenters. The van der Waals surface area contributed by atoms with Gasteiger partial charge in [0.05, 0.1) is 5.69 Å². The number of carbonyl (C=O) groups excluding carboxylic acids is 2. The number of amides is 3. The number of benzene rings is 1. The van der Waals surface area contributed by atoms with E-state index in [1.165, 1.54) is 0 Å². The molecule has 3 N–H and O–H groups in total. The van der Waals surface area contributed by atoms with Crippen molar-refractivity contribution in [3.05, 3.63) is 23.8 Å². The van der Waals surface area contributed by atoms with Gasteiger partial charge >= 0.3 is 6.03 Å². The zero-order valence-corrected chi connectivity index (χ0v) is 11.7. The smallest absolute Gasteiger partial charge is 0.314 e. The fourth-order valence-corrected chi connectivity index (χ4v) is 1.92. The van der Waals surface area contributed by atoms with Crippen LogP contribution >= 0.6 is 0 Å². The van der Waals surface area contributed by atoms with Gasteiger partial charge in [-0.2, -0.15) is 0 Å². The lowest BCUT2D eigenvalue weighted by Crippen LogP contribution is -2.40. The standard InChI is InChI=1S/C14H19N3O3/c1-9(2)16-14(19)15-6-5-10-3-4-12-11(7-10)17-13(18)8-20-12/h3-4,7,9H,5-6,8H2,1-2H3,(H,17,18)(H2,15,16,19). The van der Waals surface area contributed by atoms with Crippen LogP contribution in [0.3, 0.4) is 0 Å². The van der Waals surface area contributed by atoms with Crippen molar-refractivity contribution < 1.29 is 14.3 Å². The van der Waals surface area contributed by atoms with Crippen molar-refractivity contribution in [2.45, 2.75) is 26.3 Å². The molecular formula is C14H19N3O3. The van der Waals surface area contributed by atoms with Crippen LogP contribution in [0.1, 0.15) is 19.4 Å². The maximum absolute atomic E-state index is 11.4. The minimum absolute atomic E-state index is 0.0588. The summed E-state index contributed by atoms with van der Waals surface area (Å²) in [7, 11) is 0. The number of hydrogen-bond acceptors (Lipinski definition) is 3. The molecule has 0 bridgehead atoms. The molecule has 1 aliphatic heterocycles. The summed E-state index contributed by atoms with van der Waals surface area (Å²) in [6.45, 7) is 4.41. The topological polar surface area (TPSA) is 79.5 Å². The van der Waals surface area contributed by atoms with Gasteiger partial charge in [-0.05, 0) is 38.0 Å². The van der Waals surface area contributed by atoms with E-state index in [9.17, 15) is 9.59 Å². The molecule has 0 aromatic heterocycles. The molecule has 0 spiro atoms. The first-order chi connectivity index (χ1) is 9.54. The van der Waals surface area contributed by atoms with Crippen molar-refractivity contribution in [3.8, 4) is 5.75 Å². The van der Waals surface area contributed by atoms with Gasteiger partial charge in [-0.15, -0.1) is 0 Å². The minimum atomic E-state index is -0.172. The van der Waals surface area contributed by atoms with Crippen LogP contribution in [0.25, 0.3) is 0 Å². The van der Waals surface area contributed by atoms with E-state index >= 15 is 0 Å². The summed E-state index contributed by atoms with van der Waals surface area (Å²) in [4.78, 5) is 22.7. The molecule has 6 nitrogen and oxygen atoms in total. The van der Waals surface area contributed by atoms with E-state index in [4.69, 9.17) is 4.74 Å². The highest BCUT2D eigenvalue weighted by Gasteiger charge is 2.15. The molecule has 1 aromatic rings. The summed E-state index contributed by atoms with van der Waals surface area (Å²) in [6.07, 6.45) is 0.689. The number of ether oxygens (including phenoxy) is 1. The van der Waals surface area contributed by atoms with Crippen LogP contribution in [0.4, 0.5) is 10.5 Å². The van der Waals surface area contributed by atoms with Gasteiger partial charge in [-0.25, -0.2) is 4.79 Å².